The third-order valence-electron chi connectivity index (χ3n) is 4.37. The van der Waals surface area contributed by atoms with E-state index in [9.17, 15) is 4.79 Å². The Morgan fingerprint density at radius 2 is 2.00 bits per heavy atom. The van der Waals surface area contributed by atoms with Crippen molar-refractivity contribution in [1.82, 2.24) is 20.3 Å². The molecule has 1 atom stereocenters. The number of anilines is 1. The lowest BCUT2D eigenvalue weighted by atomic mass is 10.0. The van der Waals surface area contributed by atoms with Gasteiger partial charge in [0.25, 0.3) is 0 Å². The minimum Gasteiger partial charge on any atom is -0.350 e. The molecule has 0 unspecified atom stereocenters. The monoisotopic (exact) mass is 333 g/mol. The number of piperazine rings is 1. The van der Waals surface area contributed by atoms with Crippen LogP contribution in [0.5, 0.6) is 0 Å². The van der Waals surface area contributed by atoms with E-state index < -0.39 is 0 Å². The third kappa shape index (κ3) is 3.28. The Morgan fingerprint density at radius 3 is 2.84 bits per heavy atom. The smallest absolute Gasteiger partial charge is 0.239 e. The van der Waals surface area contributed by atoms with Gasteiger partial charge in [-0.15, -0.1) is 0 Å². The summed E-state index contributed by atoms with van der Waals surface area (Å²) in [6.45, 7) is 2.92. The van der Waals surface area contributed by atoms with E-state index in [1.54, 1.807) is 0 Å². The molecule has 25 heavy (non-hydrogen) atoms. The van der Waals surface area contributed by atoms with Crippen LogP contribution in [0.15, 0.2) is 48.8 Å². The van der Waals surface area contributed by atoms with Gasteiger partial charge >= 0.3 is 0 Å². The van der Waals surface area contributed by atoms with Crippen LogP contribution in [0.25, 0.3) is 11.0 Å². The molecule has 1 amide bonds. The summed E-state index contributed by atoms with van der Waals surface area (Å²) in [6.07, 6.45) is 2.33. The predicted octanol–water partition coefficient (Wildman–Crippen LogP) is 1.88. The summed E-state index contributed by atoms with van der Waals surface area (Å²) in [5.41, 5.74) is 3.65. The minimum atomic E-state index is 0.00611. The number of aromatic nitrogens is 3. The highest BCUT2D eigenvalue weighted by Crippen LogP contribution is 2.23. The number of carbonyl (C=O) groups is 1. The second-order valence-electron chi connectivity index (χ2n) is 6.35. The Morgan fingerprint density at radius 1 is 1.16 bits per heavy atom. The maximum Gasteiger partial charge on any atom is 0.239 e. The van der Waals surface area contributed by atoms with Crippen LogP contribution in [0.3, 0.4) is 0 Å². The van der Waals surface area contributed by atoms with Gasteiger partial charge in [0, 0.05) is 12.2 Å². The minimum absolute atomic E-state index is 0.00611. The van der Waals surface area contributed by atoms with E-state index in [4.69, 9.17) is 0 Å². The van der Waals surface area contributed by atoms with Crippen molar-refractivity contribution in [3.63, 3.8) is 0 Å². The van der Waals surface area contributed by atoms with Crippen molar-refractivity contribution in [3.05, 3.63) is 60.0 Å². The summed E-state index contributed by atoms with van der Waals surface area (Å²) in [6, 6.07) is 14.1. The van der Waals surface area contributed by atoms with Crippen LogP contribution in [0.4, 0.5) is 5.82 Å². The fourth-order valence-corrected chi connectivity index (χ4v) is 3.25. The molecule has 0 radical (unpaired) electrons. The van der Waals surface area contributed by atoms with Crippen LogP contribution in [-0.2, 0) is 11.2 Å². The Balaban J connectivity index is 1.64. The summed E-state index contributed by atoms with van der Waals surface area (Å²) < 4.78 is 0. The molecule has 0 bridgehead atoms. The van der Waals surface area contributed by atoms with E-state index in [0.717, 1.165) is 29.0 Å². The van der Waals surface area contributed by atoms with Gasteiger partial charge in [0.15, 0.2) is 5.82 Å². The molecule has 2 aromatic heterocycles. The number of pyridine rings is 1. The number of hydrogen-bond acceptors (Lipinski definition) is 5. The number of nitrogens with one attached hydrogen (secondary N) is 1. The quantitative estimate of drug-likeness (QED) is 0.792. The standard InChI is InChI=1S/C19H19N5O/c1-13-7-8-16-18(22-13)19(21-12-20-16)24-10-15(23-17(25)11-24)9-14-5-3-2-4-6-14/h2-8,12,15H,9-11H2,1H3,(H,23,25)/t15-/m0/s1. The SMILES string of the molecule is Cc1ccc2ncnc(N3CC(=O)N[C@@H](Cc4ccccc4)C3)c2n1. The highest BCUT2D eigenvalue weighted by atomic mass is 16.2. The van der Waals surface area contributed by atoms with Gasteiger partial charge < -0.3 is 10.2 Å². The molecule has 1 aliphatic heterocycles. The zero-order valence-corrected chi connectivity index (χ0v) is 14.0. The lowest BCUT2D eigenvalue weighted by Gasteiger charge is -2.34. The summed E-state index contributed by atoms with van der Waals surface area (Å²) >= 11 is 0. The number of rotatable bonds is 3. The molecule has 1 aliphatic rings. The van der Waals surface area contributed by atoms with Crippen molar-refractivity contribution in [2.75, 3.05) is 18.0 Å². The van der Waals surface area contributed by atoms with Crippen LogP contribution in [0, 0.1) is 6.92 Å². The van der Waals surface area contributed by atoms with Crippen molar-refractivity contribution in [3.8, 4) is 0 Å². The fraction of sp³-hybridized carbons (Fsp3) is 0.263. The van der Waals surface area contributed by atoms with Gasteiger partial charge in [-0.1, -0.05) is 30.3 Å². The van der Waals surface area contributed by atoms with Crippen molar-refractivity contribution in [1.29, 1.82) is 0 Å². The molecule has 3 heterocycles. The van der Waals surface area contributed by atoms with Gasteiger partial charge in [-0.25, -0.2) is 15.0 Å². The predicted molar refractivity (Wildman–Crippen MR) is 96.4 cm³/mol. The van der Waals surface area contributed by atoms with Crippen molar-refractivity contribution in [2.24, 2.45) is 0 Å². The number of nitrogens with zero attached hydrogens (tertiary/aromatic N) is 4. The van der Waals surface area contributed by atoms with Gasteiger partial charge in [-0.2, -0.15) is 0 Å². The Bertz CT molecular complexity index is 912. The molecule has 6 nitrogen and oxygen atoms in total. The largest absolute Gasteiger partial charge is 0.350 e. The zero-order valence-electron chi connectivity index (χ0n) is 14.0. The lowest BCUT2D eigenvalue weighted by Crippen LogP contribution is -2.55. The molecule has 0 aliphatic carbocycles. The molecular weight excluding hydrogens is 314 g/mol. The molecule has 0 saturated carbocycles. The van der Waals surface area contributed by atoms with Gasteiger partial charge in [0.05, 0.1) is 18.1 Å². The van der Waals surface area contributed by atoms with E-state index in [1.165, 1.54) is 11.9 Å². The van der Waals surface area contributed by atoms with E-state index >= 15 is 0 Å². The Labute approximate surface area is 145 Å². The first-order valence-electron chi connectivity index (χ1n) is 8.35. The number of hydrogen-bond donors (Lipinski definition) is 1. The fourth-order valence-electron chi connectivity index (χ4n) is 3.25. The molecular formula is C19H19N5O. The van der Waals surface area contributed by atoms with Gasteiger partial charge in [-0.05, 0) is 31.0 Å². The number of amides is 1. The first kappa shape index (κ1) is 15.5. The molecule has 4 rings (SSSR count). The topological polar surface area (TPSA) is 71.0 Å². The normalized spacial score (nSPS) is 17.6. The zero-order chi connectivity index (χ0) is 17.2. The molecule has 3 aromatic rings. The molecule has 0 spiro atoms. The van der Waals surface area contributed by atoms with E-state index in [-0.39, 0.29) is 18.5 Å². The number of carbonyl (C=O) groups excluding carboxylic acids is 1. The van der Waals surface area contributed by atoms with Crippen molar-refractivity contribution >= 4 is 22.8 Å². The summed E-state index contributed by atoms with van der Waals surface area (Å²) in [7, 11) is 0. The van der Waals surface area contributed by atoms with Gasteiger partial charge in [-0.3, -0.25) is 4.79 Å². The molecule has 6 heteroatoms. The Hall–Kier alpha value is -3.02. The molecule has 1 fully saturated rings. The van der Waals surface area contributed by atoms with Gasteiger partial charge in [0.1, 0.15) is 11.8 Å². The van der Waals surface area contributed by atoms with E-state index in [1.807, 2.05) is 42.2 Å². The van der Waals surface area contributed by atoms with Crippen LogP contribution in [0.2, 0.25) is 0 Å². The molecule has 1 N–H and O–H groups in total. The molecule has 126 valence electrons. The Kier molecular flexibility index (Phi) is 4.01. The first-order valence-corrected chi connectivity index (χ1v) is 8.35. The van der Waals surface area contributed by atoms with E-state index in [2.05, 4.69) is 32.4 Å². The highest BCUT2D eigenvalue weighted by molar-refractivity contribution is 5.89. The average molecular weight is 333 g/mol. The average Bonchev–Trinajstić information content (AvgIpc) is 2.61. The van der Waals surface area contributed by atoms with Crippen molar-refractivity contribution < 1.29 is 4.79 Å². The number of benzene rings is 1. The maximum absolute atomic E-state index is 12.2. The summed E-state index contributed by atoms with van der Waals surface area (Å²) in [5, 5.41) is 3.08. The summed E-state index contributed by atoms with van der Waals surface area (Å²) in [5.74, 6) is 0.730. The lowest BCUT2D eigenvalue weighted by molar-refractivity contribution is -0.121. The van der Waals surface area contributed by atoms with E-state index in [0.29, 0.717) is 6.54 Å². The first-order chi connectivity index (χ1) is 12.2. The van der Waals surface area contributed by atoms with Crippen LogP contribution in [-0.4, -0.2) is 40.0 Å². The third-order valence-corrected chi connectivity index (χ3v) is 4.37. The highest BCUT2D eigenvalue weighted by Gasteiger charge is 2.27. The van der Waals surface area contributed by atoms with Gasteiger partial charge in [0.2, 0.25) is 5.91 Å². The van der Waals surface area contributed by atoms with Crippen molar-refractivity contribution in [2.45, 2.75) is 19.4 Å². The van der Waals surface area contributed by atoms with Crippen LogP contribution >= 0.6 is 0 Å². The second-order valence-corrected chi connectivity index (χ2v) is 6.35. The summed E-state index contributed by atoms with van der Waals surface area (Å²) in [4.78, 5) is 27.5. The van der Waals surface area contributed by atoms with Crippen LogP contribution < -0.4 is 10.2 Å². The number of fused-ring (bicyclic) bond motifs is 1. The number of aryl methyl sites for hydroxylation is 1. The second kappa shape index (κ2) is 6.47. The van der Waals surface area contributed by atoms with Crippen LogP contribution in [0.1, 0.15) is 11.3 Å². The molecule has 1 saturated heterocycles. The maximum atomic E-state index is 12.2. The molecule has 1 aromatic carbocycles.